The summed E-state index contributed by atoms with van der Waals surface area (Å²) in [5.74, 6) is 1.39. The van der Waals surface area contributed by atoms with E-state index in [0.717, 1.165) is 43.1 Å². The van der Waals surface area contributed by atoms with Crippen molar-refractivity contribution >= 4 is 52.6 Å². The van der Waals surface area contributed by atoms with Crippen LogP contribution < -0.4 is 10.9 Å². The second-order valence-electron chi connectivity index (χ2n) is 8.33. The number of nitrogens with one attached hydrogen (secondary N) is 2. The molecule has 3 aromatic heterocycles. The van der Waals surface area contributed by atoms with Crippen LogP contribution in [0.3, 0.4) is 0 Å². The molecule has 4 heterocycles. The molecule has 34 heavy (non-hydrogen) atoms. The van der Waals surface area contributed by atoms with Crippen molar-refractivity contribution in [1.82, 2.24) is 29.6 Å². The molecule has 180 valence electrons. The predicted molar refractivity (Wildman–Crippen MR) is 134 cm³/mol. The van der Waals surface area contributed by atoms with Gasteiger partial charge in [-0.15, -0.1) is 12.4 Å². The number of likely N-dealkylation sites (N-methyl/N-ethyl adjacent to an activating group) is 1. The van der Waals surface area contributed by atoms with Gasteiger partial charge in [-0.25, -0.2) is 9.97 Å². The number of hydrogen-bond acceptors (Lipinski definition) is 7. The minimum atomic E-state index is -0.285. The van der Waals surface area contributed by atoms with Crippen LogP contribution in [-0.4, -0.2) is 49.8 Å². The van der Waals surface area contributed by atoms with Crippen molar-refractivity contribution in [3.05, 3.63) is 68.2 Å². The summed E-state index contributed by atoms with van der Waals surface area (Å²) in [7, 11) is 2.11. The van der Waals surface area contributed by atoms with Crippen molar-refractivity contribution in [3.8, 4) is 0 Å². The Bertz CT molecular complexity index is 1350. The molecule has 1 fully saturated rings. The van der Waals surface area contributed by atoms with Gasteiger partial charge >= 0.3 is 0 Å². The smallest absolute Gasteiger partial charge is 0.278 e. The first-order chi connectivity index (χ1) is 16.0. The summed E-state index contributed by atoms with van der Waals surface area (Å²) in [6, 6.07) is 5.35. The molecule has 12 heteroatoms. The first-order valence-corrected chi connectivity index (χ1v) is 11.5. The molecule has 5 rings (SSSR count). The number of nitrogens with zero attached hydrogens (tertiary/aromatic N) is 5. The van der Waals surface area contributed by atoms with Crippen LogP contribution in [-0.2, 0) is 13.1 Å². The largest absolute Gasteiger partial charge is 0.448 e. The maximum atomic E-state index is 12.8. The van der Waals surface area contributed by atoms with E-state index in [1.54, 1.807) is 29.3 Å². The van der Waals surface area contributed by atoms with E-state index in [9.17, 15) is 4.79 Å². The zero-order chi connectivity index (χ0) is 22.9. The van der Waals surface area contributed by atoms with E-state index in [1.807, 2.05) is 6.07 Å². The molecular formula is C22H24Cl3N7O2. The molecule has 1 aromatic carbocycles. The quantitative estimate of drug-likeness (QED) is 0.387. The van der Waals surface area contributed by atoms with E-state index in [1.165, 1.54) is 0 Å². The fraction of sp³-hybridized carbons (Fsp3) is 0.364. The van der Waals surface area contributed by atoms with Gasteiger partial charge in [-0.1, -0.05) is 29.3 Å². The topological polar surface area (TPSA) is 105 Å². The van der Waals surface area contributed by atoms with Crippen molar-refractivity contribution in [1.29, 1.82) is 0 Å². The number of halogens is 3. The van der Waals surface area contributed by atoms with Crippen LogP contribution in [0.2, 0.25) is 10.0 Å². The van der Waals surface area contributed by atoms with Gasteiger partial charge in [0.25, 0.3) is 5.56 Å². The van der Waals surface area contributed by atoms with Crippen LogP contribution in [0.4, 0.5) is 5.95 Å². The first-order valence-electron chi connectivity index (χ1n) is 10.7. The van der Waals surface area contributed by atoms with Crippen molar-refractivity contribution in [2.75, 3.05) is 25.5 Å². The van der Waals surface area contributed by atoms with E-state index in [0.29, 0.717) is 46.0 Å². The second kappa shape index (κ2) is 10.4. The SMILES string of the molecule is CN1CCCC(c2nc(Cn3ncc4nc(NCc5ccc(Cl)c(Cl)c5)[nH]c(=O)c43)co2)C1.Cl. The predicted octanol–water partition coefficient (Wildman–Crippen LogP) is 4.31. The Kier molecular flexibility index (Phi) is 7.47. The number of rotatable bonds is 6. The summed E-state index contributed by atoms with van der Waals surface area (Å²) in [6.07, 6.45) is 5.42. The van der Waals surface area contributed by atoms with Gasteiger partial charge in [0.1, 0.15) is 17.5 Å². The highest BCUT2D eigenvalue weighted by Gasteiger charge is 2.23. The van der Waals surface area contributed by atoms with Gasteiger partial charge in [-0.05, 0) is 44.1 Å². The van der Waals surface area contributed by atoms with Gasteiger partial charge in [-0.3, -0.25) is 14.5 Å². The monoisotopic (exact) mass is 523 g/mol. The molecule has 1 aliphatic rings. The number of oxazole rings is 1. The number of benzene rings is 1. The Morgan fingerprint density at radius 1 is 1.26 bits per heavy atom. The first kappa shape index (κ1) is 24.5. The van der Waals surface area contributed by atoms with Crippen molar-refractivity contribution in [2.24, 2.45) is 0 Å². The number of anilines is 1. The van der Waals surface area contributed by atoms with Gasteiger partial charge in [0.05, 0.1) is 22.8 Å². The van der Waals surface area contributed by atoms with Gasteiger partial charge in [0, 0.05) is 19.0 Å². The van der Waals surface area contributed by atoms with E-state index >= 15 is 0 Å². The highest BCUT2D eigenvalue weighted by atomic mass is 35.5. The number of likely N-dealkylation sites (tertiary alicyclic amines) is 1. The maximum absolute atomic E-state index is 12.8. The minimum absolute atomic E-state index is 0. The molecule has 1 aliphatic heterocycles. The zero-order valence-corrected chi connectivity index (χ0v) is 20.8. The lowest BCUT2D eigenvalue weighted by molar-refractivity contribution is 0.230. The average Bonchev–Trinajstić information content (AvgIpc) is 3.42. The molecular weight excluding hydrogens is 501 g/mol. The lowest BCUT2D eigenvalue weighted by atomic mass is 9.98. The second-order valence-corrected chi connectivity index (χ2v) is 9.15. The number of hydrogen-bond donors (Lipinski definition) is 2. The highest BCUT2D eigenvalue weighted by Crippen LogP contribution is 2.26. The molecule has 9 nitrogen and oxygen atoms in total. The molecule has 0 saturated carbocycles. The molecule has 0 spiro atoms. The summed E-state index contributed by atoms with van der Waals surface area (Å²) >= 11 is 12.0. The van der Waals surface area contributed by atoms with Crippen LogP contribution in [0.5, 0.6) is 0 Å². The van der Waals surface area contributed by atoms with Crippen LogP contribution >= 0.6 is 35.6 Å². The molecule has 0 radical (unpaired) electrons. The fourth-order valence-corrected chi connectivity index (χ4v) is 4.47. The summed E-state index contributed by atoms with van der Waals surface area (Å²) in [6.45, 7) is 2.80. The molecule has 0 aliphatic carbocycles. The summed E-state index contributed by atoms with van der Waals surface area (Å²) in [4.78, 5) is 27.0. The Hall–Kier alpha value is -2.59. The molecule has 1 saturated heterocycles. The Labute approximate surface area is 211 Å². The fourth-order valence-electron chi connectivity index (χ4n) is 4.15. The molecule has 4 aromatic rings. The number of H-pyrrole nitrogens is 1. The molecule has 1 atom stereocenters. The lowest BCUT2D eigenvalue weighted by Gasteiger charge is -2.27. The van der Waals surface area contributed by atoms with E-state index < -0.39 is 0 Å². The summed E-state index contributed by atoms with van der Waals surface area (Å²) in [5, 5.41) is 8.42. The van der Waals surface area contributed by atoms with Crippen LogP contribution in [0.15, 0.2) is 39.9 Å². The van der Waals surface area contributed by atoms with Crippen LogP contribution in [0.1, 0.15) is 35.9 Å². The number of fused-ring (bicyclic) bond motifs is 1. The van der Waals surface area contributed by atoms with E-state index in [4.69, 9.17) is 27.6 Å². The highest BCUT2D eigenvalue weighted by molar-refractivity contribution is 6.42. The molecule has 1 unspecified atom stereocenters. The zero-order valence-electron chi connectivity index (χ0n) is 18.4. The molecule has 0 bridgehead atoms. The number of piperidine rings is 1. The normalized spacial score (nSPS) is 16.5. The molecule has 2 N–H and O–H groups in total. The van der Waals surface area contributed by atoms with Crippen molar-refractivity contribution in [3.63, 3.8) is 0 Å². The van der Waals surface area contributed by atoms with Gasteiger partial charge < -0.3 is 14.6 Å². The van der Waals surface area contributed by atoms with Gasteiger partial charge in [0.2, 0.25) is 5.95 Å². The van der Waals surface area contributed by atoms with Gasteiger partial charge in [0.15, 0.2) is 11.4 Å². The third-order valence-electron chi connectivity index (χ3n) is 5.80. The molecule has 0 amide bonds. The Morgan fingerprint density at radius 2 is 2.12 bits per heavy atom. The number of aromatic amines is 1. The average molecular weight is 525 g/mol. The minimum Gasteiger partial charge on any atom is -0.448 e. The Morgan fingerprint density at radius 3 is 2.91 bits per heavy atom. The standard InChI is InChI=1S/C22H23Cl2N7O2.ClH/c1-30-6-2-3-14(10-30)21-27-15(12-33-21)11-31-19-18(9-26-31)28-22(29-20(19)32)25-8-13-4-5-16(23)17(24)7-13;/h4-5,7,9,12,14H,2-3,6,8,10-11H2,1H3,(H2,25,28,29,32);1H. The van der Waals surface area contributed by atoms with Crippen LogP contribution in [0.25, 0.3) is 11.0 Å². The maximum Gasteiger partial charge on any atom is 0.278 e. The number of aromatic nitrogens is 5. The van der Waals surface area contributed by atoms with Gasteiger partial charge in [-0.2, -0.15) is 5.10 Å². The van der Waals surface area contributed by atoms with Crippen LogP contribution in [0, 0.1) is 0 Å². The third kappa shape index (κ3) is 5.22. The summed E-state index contributed by atoms with van der Waals surface area (Å²) < 4.78 is 7.34. The Balaban J connectivity index is 0.00000274. The third-order valence-corrected chi connectivity index (χ3v) is 6.54. The summed E-state index contributed by atoms with van der Waals surface area (Å²) in [5.41, 5.74) is 2.23. The lowest BCUT2D eigenvalue weighted by Crippen LogP contribution is -2.30. The van der Waals surface area contributed by atoms with Crippen molar-refractivity contribution < 1.29 is 4.42 Å². The van der Waals surface area contributed by atoms with E-state index in [2.05, 4.69) is 37.3 Å². The van der Waals surface area contributed by atoms with Crippen molar-refractivity contribution in [2.45, 2.75) is 31.8 Å². The van der Waals surface area contributed by atoms with E-state index in [-0.39, 0.29) is 18.0 Å².